The Balaban J connectivity index is 1.79. The Morgan fingerprint density at radius 2 is 1.65 bits per heavy atom. The molecule has 0 bridgehead atoms. The highest BCUT2D eigenvalue weighted by atomic mass is 19.1. The topological polar surface area (TPSA) is 124 Å². The molecule has 0 unspecified atom stereocenters. The van der Waals surface area contributed by atoms with Crippen LogP contribution in [0.2, 0.25) is 0 Å². The molecular weight excluding hydrogens is 547 g/mol. The number of pyridine rings is 2. The molecule has 8 nitrogen and oxygen atoms in total. The molecule has 0 radical (unpaired) electrons. The number of nitrogens with two attached hydrogens (primary N) is 1. The Labute approximate surface area is 250 Å². The monoisotopic (exact) mass is 582 g/mol. The van der Waals surface area contributed by atoms with E-state index in [1.807, 2.05) is 19.9 Å². The van der Waals surface area contributed by atoms with Crippen molar-refractivity contribution in [1.82, 2.24) is 15.3 Å². The van der Waals surface area contributed by atoms with E-state index in [4.69, 9.17) is 15.5 Å². The van der Waals surface area contributed by atoms with E-state index in [-0.39, 0.29) is 35.4 Å². The molecule has 4 rings (SSSR count). The molecule has 0 saturated carbocycles. The minimum Gasteiger partial charge on any atom is -0.462 e. The first-order valence-electron chi connectivity index (χ1n) is 14.2. The Hall–Kier alpha value is -4.92. The van der Waals surface area contributed by atoms with Crippen LogP contribution >= 0.6 is 0 Å². The molecule has 0 fully saturated rings. The highest BCUT2D eigenvalue weighted by Crippen LogP contribution is 2.34. The van der Waals surface area contributed by atoms with Crippen molar-refractivity contribution in [2.24, 2.45) is 11.7 Å². The summed E-state index contributed by atoms with van der Waals surface area (Å²) in [6.07, 6.45) is 4.61. The SMILES string of the molecule is CCOC(=O)c1c(CCc2ccc(F)cc2)nc(CC(C)C)c(C(N)=O)c1-c1ccc(C(=O)NCc2cccnc2)cc1. The van der Waals surface area contributed by atoms with Gasteiger partial charge in [0, 0.05) is 30.1 Å². The number of nitrogens with one attached hydrogen (secondary N) is 1. The van der Waals surface area contributed by atoms with E-state index < -0.39 is 11.9 Å². The molecular formula is C34H35FN4O4. The third-order valence-corrected chi connectivity index (χ3v) is 6.85. The van der Waals surface area contributed by atoms with Crippen LogP contribution in [0.25, 0.3) is 11.1 Å². The summed E-state index contributed by atoms with van der Waals surface area (Å²) in [6, 6.07) is 16.4. The van der Waals surface area contributed by atoms with Crippen LogP contribution in [0, 0.1) is 11.7 Å². The quantitative estimate of drug-likeness (QED) is 0.214. The number of amides is 2. The van der Waals surface area contributed by atoms with Gasteiger partial charge in [0.05, 0.1) is 29.1 Å². The van der Waals surface area contributed by atoms with Crippen molar-refractivity contribution >= 4 is 17.8 Å². The maximum atomic E-state index is 13.5. The molecule has 2 amide bonds. The predicted molar refractivity (Wildman–Crippen MR) is 162 cm³/mol. The lowest BCUT2D eigenvalue weighted by Crippen LogP contribution is -2.23. The fourth-order valence-corrected chi connectivity index (χ4v) is 4.87. The van der Waals surface area contributed by atoms with Gasteiger partial charge in [-0.1, -0.05) is 44.2 Å². The number of carbonyl (C=O) groups is 3. The number of benzene rings is 2. The lowest BCUT2D eigenvalue weighted by molar-refractivity contribution is 0.0525. The zero-order valence-electron chi connectivity index (χ0n) is 24.5. The first-order valence-corrected chi connectivity index (χ1v) is 14.2. The Kier molecular flexibility index (Phi) is 10.3. The number of esters is 1. The lowest BCUT2D eigenvalue weighted by Gasteiger charge is -2.21. The van der Waals surface area contributed by atoms with E-state index in [0.29, 0.717) is 53.9 Å². The van der Waals surface area contributed by atoms with Crippen molar-refractivity contribution in [3.8, 4) is 11.1 Å². The Bertz CT molecular complexity index is 1590. The van der Waals surface area contributed by atoms with Crippen LogP contribution in [0.1, 0.15) is 74.4 Å². The summed E-state index contributed by atoms with van der Waals surface area (Å²) in [7, 11) is 0. The number of ether oxygens (including phenoxy) is 1. The van der Waals surface area contributed by atoms with E-state index in [1.165, 1.54) is 12.1 Å². The first kappa shape index (κ1) is 31.0. The third kappa shape index (κ3) is 7.88. The van der Waals surface area contributed by atoms with Crippen molar-refractivity contribution in [2.45, 2.75) is 46.6 Å². The maximum Gasteiger partial charge on any atom is 0.340 e. The van der Waals surface area contributed by atoms with E-state index >= 15 is 0 Å². The minimum atomic E-state index is -0.716. The van der Waals surface area contributed by atoms with Gasteiger partial charge in [-0.3, -0.25) is 19.6 Å². The van der Waals surface area contributed by atoms with E-state index in [9.17, 15) is 18.8 Å². The number of carbonyl (C=O) groups excluding carboxylic acids is 3. The molecule has 3 N–H and O–H groups in total. The molecule has 2 aromatic carbocycles. The van der Waals surface area contributed by atoms with Gasteiger partial charge in [0.15, 0.2) is 0 Å². The van der Waals surface area contributed by atoms with Crippen molar-refractivity contribution in [3.63, 3.8) is 0 Å². The molecule has 4 aromatic rings. The van der Waals surface area contributed by atoms with Gasteiger partial charge in [-0.25, -0.2) is 9.18 Å². The maximum absolute atomic E-state index is 13.5. The molecule has 43 heavy (non-hydrogen) atoms. The molecule has 0 atom stereocenters. The molecule has 9 heteroatoms. The summed E-state index contributed by atoms with van der Waals surface area (Å²) in [4.78, 5) is 48.2. The van der Waals surface area contributed by atoms with Gasteiger partial charge in [0.25, 0.3) is 11.8 Å². The number of halogens is 1. The number of hydrogen-bond acceptors (Lipinski definition) is 6. The normalized spacial score (nSPS) is 10.9. The van der Waals surface area contributed by atoms with Crippen molar-refractivity contribution in [3.05, 3.63) is 118 Å². The third-order valence-electron chi connectivity index (χ3n) is 6.85. The number of hydrogen-bond donors (Lipinski definition) is 2. The number of primary amides is 1. The number of rotatable bonds is 12. The largest absolute Gasteiger partial charge is 0.462 e. The fourth-order valence-electron chi connectivity index (χ4n) is 4.87. The van der Waals surface area contributed by atoms with Gasteiger partial charge in [0.1, 0.15) is 5.82 Å². The summed E-state index contributed by atoms with van der Waals surface area (Å²) in [5.74, 6) is -1.83. The van der Waals surface area contributed by atoms with Gasteiger partial charge < -0.3 is 15.8 Å². The Morgan fingerprint density at radius 3 is 2.26 bits per heavy atom. The highest BCUT2D eigenvalue weighted by molar-refractivity contribution is 6.08. The average Bonchev–Trinajstić information content (AvgIpc) is 2.99. The molecule has 2 heterocycles. The van der Waals surface area contributed by atoms with E-state index in [2.05, 4.69) is 10.3 Å². The molecule has 0 aliphatic heterocycles. The summed E-state index contributed by atoms with van der Waals surface area (Å²) in [6.45, 7) is 6.13. The van der Waals surface area contributed by atoms with Crippen LogP contribution in [0.3, 0.4) is 0 Å². The van der Waals surface area contributed by atoms with E-state index in [1.54, 1.807) is 61.8 Å². The smallest absolute Gasteiger partial charge is 0.340 e. The van der Waals surface area contributed by atoms with Crippen molar-refractivity contribution < 1.29 is 23.5 Å². The lowest BCUT2D eigenvalue weighted by atomic mass is 9.88. The van der Waals surface area contributed by atoms with Gasteiger partial charge >= 0.3 is 5.97 Å². The second-order valence-corrected chi connectivity index (χ2v) is 10.6. The van der Waals surface area contributed by atoms with Gasteiger partial charge in [-0.2, -0.15) is 0 Å². The molecule has 0 saturated heterocycles. The number of aryl methyl sites for hydroxylation is 2. The van der Waals surface area contributed by atoms with Crippen LogP contribution in [-0.2, 0) is 30.5 Å². The van der Waals surface area contributed by atoms with Crippen LogP contribution in [0.4, 0.5) is 4.39 Å². The molecule has 0 aliphatic rings. The average molecular weight is 583 g/mol. The van der Waals surface area contributed by atoms with Crippen LogP contribution in [-0.4, -0.2) is 34.4 Å². The van der Waals surface area contributed by atoms with Gasteiger partial charge in [0.2, 0.25) is 0 Å². The highest BCUT2D eigenvalue weighted by Gasteiger charge is 2.29. The molecule has 2 aromatic heterocycles. The fraction of sp³-hybridized carbons (Fsp3) is 0.265. The molecule has 222 valence electrons. The summed E-state index contributed by atoms with van der Waals surface area (Å²) in [5.41, 5.74) is 10.2. The summed E-state index contributed by atoms with van der Waals surface area (Å²) in [5, 5.41) is 2.87. The molecule has 0 aliphatic carbocycles. The van der Waals surface area contributed by atoms with Crippen LogP contribution in [0.15, 0.2) is 73.1 Å². The van der Waals surface area contributed by atoms with E-state index in [0.717, 1.165) is 11.1 Å². The van der Waals surface area contributed by atoms with Gasteiger partial charge in [-0.05, 0) is 79.1 Å². The second kappa shape index (κ2) is 14.3. The number of aromatic nitrogens is 2. The van der Waals surface area contributed by atoms with Crippen molar-refractivity contribution in [1.29, 1.82) is 0 Å². The zero-order valence-corrected chi connectivity index (χ0v) is 24.5. The summed E-state index contributed by atoms with van der Waals surface area (Å²) < 4.78 is 18.9. The van der Waals surface area contributed by atoms with Crippen LogP contribution < -0.4 is 11.1 Å². The predicted octanol–water partition coefficient (Wildman–Crippen LogP) is 5.47. The van der Waals surface area contributed by atoms with Crippen molar-refractivity contribution in [2.75, 3.05) is 6.61 Å². The molecule has 0 spiro atoms. The standard InChI is InChI=1S/C34H35FN4O4/c1-4-43-34(42)31-27(16-9-22-7-14-26(35)15-8-22)39-28(18-21(2)3)30(32(36)40)29(31)24-10-12-25(13-11-24)33(41)38-20-23-6-5-17-37-19-23/h5-8,10-15,17,19,21H,4,9,16,18,20H2,1-3H3,(H2,36,40)(H,38,41). The second-order valence-electron chi connectivity index (χ2n) is 10.6. The Morgan fingerprint density at radius 1 is 0.930 bits per heavy atom. The first-order chi connectivity index (χ1) is 20.7. The van der Waals surface area contributed by atoms with Gasteiger partial charge in [-0.15, -0.1) is 0 Å². The minimum absolute atomic E-state index is 0.116. The van der Waals surface area contributed by atoms with Crippen LogP contribution in [0.5, 0.6) is 0 Å². The summed E-state index contributed by atoms with van der Waals surface area (Å²) >= 11 is 0. The zero-order chi connectivity index (χ0) is 30.9. The number of nitrogens with zero attached hydrogens (tertiary/aromatic N) is 2.